The predicted octanol–water partition coefficient (Wildman–Crippen LogP) is 2.96. The second kappa shape index (κ2) is 10.3. The van der Waals surface area contributed by atoms with E-state index < -0.39 is 11.0 Å². The molecular formula is C25H28N8O3S. The Hall–Kier alpha value is -3.77. The highest BCUT2D eigenvalue weighted by Gasteiger charge is 2.31. The van der Waals surface area contributed by atoms with Crippen LogP contribution >= 0.6 is 0 Å². The summed E-state index contributed by atoms with van der Waals surface area (Å²) in [5.74, 6) is 1.35. The van der Waals surface area contributed by atoms with Crippen LogP contribution in [0.2, 0.25) is 0 Å². The Morgan fingerprint density at radius 1 is 1.14 bits per heavy atom. The van der Waals surface area contributed by atoms with E-state index in [9.17, 15) is 9.00 Å². The van der Waals surface area contributed by atoms with Crippen LogP contribution in [0.15, 0.2) is 46.5 Å². The van der Waals surface area contributed by atoms with Crippen molar-refractivity contribution in [1.82, 2.24) is 34.2 Å². The van der Waals surface area contributed by atoms with Crippen LogP contribution in [0, 0.1) is 0 Å². The zero-order valence-corrected chi connectivity index (χ0v) is 21.9. The van der Waals surface area contributed by atoms with Gasteiger partial charge in [0, 0.05) is 18.5 Å². The standard InChI is InChI=1S/C25H28N8O3S/c1-14(2)33-23-18(12-28-21(32-23)19-20(16-7-8-16)29-13-30-24(19)36-4)31-22(25(33)34)27-11-15-5-9-17(10-6-15)37(35)26-3/h5-6,9-10,12-14,16,26H,7-8,11H2,1-4H3,(H,27,31). The second-order valence-electron chi connectivity index (χ2n) is 9.02. The number of benzene rings is 1. The number of nitrogens with one attached hydrogen (secondary N) is 2. The Balaban J connectivity index is 1.52. The van der Waals surface area contributed by atoms with E-state index in [1.54, 1.807) is 37.1 Å². The van der Waals surface area contributed by atoms with Crippen LogP contribution in [-0.2, 0) is 17.5 Å². The molecule has 3 aromatic heterocycles. The molecular weight excluding hydrogens is 492 g/mol. The quantitative estimate of drug-likeness (QED) is 0.341. The molecule has 0 aliphatic heterocycles. The molecule has 3 heterocycles. The van der Waals surface area contributed by atoms with Crippen LogP contribution in [0.1, 0.15) is 49.9 Å². The minimum Gasteiger partial charge on any atom is -0.480 e. The summed E-state index contributed by atoms with van der Waals surface area (Å²) < 4.78 is 21.7. The van der Waals surface area contributed by atoms with Crippen molar-refractivity contribution in [3.63, 3.8) is 0 Å². The zero-order chi connectivity index (χ0) is 26.1. The summed E-state index contributed by atoms with van der Waals surface area (Å²) in [6, 6.07) is 7.13. The topological polar surface area (TPSA) is 137 Å². The zero-order valence-electron chi connectivity index (χ0n) is 21.1. The molecule has 0 saturated heterocycles. The highest BCUT2D eigenvalue weighted by molar-refractivity contribution is 7.83. The third-order valence-electron chi connectivity index (χ3n) is 6.15. The molecule has 0 bridgehead atoms. The predicted molar refractivity (Wildman–Crippen MR) is 141 cm³/mol. The first-order valence-corrected chi connectivity index (χ1v) is 13.2. The molecule has 1 aliphatic rings. The summed E-state index contributed by atoms with van der Waals surface area (Å²) in [6.07, 6.45) is 5.20. The van der Waals surface area contributed by atoms with Crippen molar-refractivity contribution in [3.8, 4) is 17.3 Å². The molecule has 0 radical (unpaired) electrons. The van der Waals surface area contributed by atoms with Gasteiger partial charge in [-0.15, -0.1) is 0 Å². The van der Waals surface area contributed by atoms with Crippen LogP contribution in [-0.4, -0.2) is 47.9 Å². The van der Waals surface area contributed by atoms with Gasteiger partial charge in [-0.3, -0.25) is 9.36 Å². The summed E-state index contributed by atoms with van der Waals surface area (Å²) in [4.78, 5) is 36.8. The van der Waals surface area contributed by atoms with Crippen molar-refractivity contribution in [2.75, 3.05) is 19.5 Å². The van der Waals surface area contributed by atoms with E-state index in [2.05, 4.69) is 30.0 Å². The lowest BCUT2D eigenvalue weighted by atomic mass is 10.1. The lowest BCUT2D eigenvalue weighted by Crippen LogP contribution is -2.27. The molecule has 11 nitrogen and oxygen atoms in total. The fourth-order valence-corrected chi connectivity index (χ4v) is 4.78. The Morgan fingerprint density at radius 3 is 2.54 bits per heavy atom. The normalized spacial score (nSPS) is 14.2. The van der Waals surface area contributed by atoms with Crippen molar-refractivity contribution in [2.45, 2.75) is 50.1 Å². The molecule has 1 aliphatic carbocycles. The number of nitrogens with zero attached hydrogens (tertiary/aromatic N) is 6. The van der Waals surface area contributed by atoms with Crippen molar-refractivity contribution >= 4 is 28.0 Å². The number of hydrogen-bond acceptors (Lipinski definition) is 9. The molecule has 4 aromatic rings. The van der Waals surface area contributed by atoms with E-state index in [1.807, 2.05) is 26.0 Å². The first-order chi connectivity index (χ1) is 17.9. The summed E-state index contributed by atoms with van der Waals surface area (Å²) in [5.41, 5.74) is 3.08. The van der Waals surface area contributed by atoms with E-state index >= 15 is 0 Å². The van der Waals surface area contributed by atoms with E-state index in [1.165, 1.54) is 6.33 Å². The first kappa shape index (κ1) is 24.9. The molecule has 0 amide bonds. The number of methoxy groups -OCH3 is 1. The highest BCUT2D eigenvalue weighted by atomic mass is 32.2. The molecule has 1 atom stereocenters. The molecule has 1 aromatic carbocycles. The molecule has 2 N–H and O–H groups in total. The van der Waals surface area contributed by atoms with Crippen LogP contribution in [0.25, 0.3) is 22.6 Å². The number of hydrogen-bond donors (Lipinski definition) is 2. The maximum atomic E-state index is 13.5. The summed E-state index contributed by atoms with van der Waals surface area (Å²) >= 11 is 0. The fraction of sp³-hybridized carbons (Fsp3) is 0.360. The lowest BCUT2D eigenvalue weighted by molar-refractivity contribution is 0.397. The third-order valence-corrected chi connectivity index (χ3v) is 7.22. The van der Waals surface area contributed by atoms with Crippen LogP contribution in [0.4, 0.5) is 5.82 Å². The van der Waals surface area contributed by atoms with Gasteiger partial charge in [-0.1, -0.05) is 12.1 Å². The molecule has 0 spiro atoms. The highest BCUT2D eigenvalue weighted by Crippen LogP contribution is 2.44. The smallest absolute Gasteiger partial charge is 0.295 e. The monoisotopic (exact) mass is 520 g/mol. The van der Waals surface area contributed by atoms with E-state index in [0.29, 0.717) is 45.8 Å². The number of fused-ring (bicyclic) bond motifs is 1. The summed E-state index contributed by atoms with van der Waals surface area (Å²) in [7, 11) is 1.94. The van der Waals surface area contributed by atoms with E-state index in [0.717, 1.165) is 24.1 Å². The molecule has 5 rings (SSSR count). The van der Waals surface area contributed by atoms with Crippen LogP contribution in [0.5, 0.6) is 5.88 Å². The summed E-state index contributed by atoms with van der Waals surface area (Å²) in [5, 5.41) is 3.14. The third kappa shape index (κ3) is 4.94. The van der Waals surface area contributed by atoms with Gasteiger partial charge in [0.1, 0.15) is 28.4 Å². The Kier molecular flexibility index (Phi) is 6.94. The van der Waals surface area contributed by atoms with Crippen molar-refractivity contribution < 1.29 is 8.95 Å². The summed E-state index contributed by atoms with van der Waals surface area (Å²) in [6.45, 7) is 4.23. The van der Waals surface area contributed by atoms with Gasteiger partial charge in [-0.2, -0.15) is 0 Å². The number of anilines is 1. The minimum absolute atomic E-state index is 0.172. The molecule has 1 saturated carbocycles. The van der Waals surface area contributed by atoms with Gasteiger partial charge in [-0.25, -0.2) is 33.9 Å². The largest absolute Gasteiger partial charge is 0.480 e. The number of aromatic nitrogens is 6. The fourth-order valence-electron chi connectivity index (χ4n) is 4.16. The van der Waals surface area contributed by atoms with Crippen LogP contribution < -0.4 is 20.3 Å². The molecule has 37 heavy (non-hydrogen) atoms. The average molecular weight is 521 g/mol. The first-order valence-electron chi connectivity index (χ1n) is 12.0. The van der Waals surface area contributed by atoms with Gasteiger partial charge in [-0.05, 0) is 51.4 Å². The van der Waals surface area contributed by atoms with Crippen molar-refractivity contribution in [2.24, 2.45) is 0 Å². The molecule has 12 heteroatoms. The van der Waals surface area contributed by atoms with Gasteiger partial charge in [0.05, 0.1) is 23.9 Å². The number of rotatable bonds is 9. The Labute approximate surface area is 216 Å². The maximum Gasteiger partial charge on any atom is 0.295 e. The van der Waals surface area contributed by atoms with Gasteiger partial charge < -0.3 is 10.1 Å². The van der Waals surface area contributed by atoms with Gasteiger partial charge >= 0.3 is 0 Å². The van der Waals surface area contributed by atoms with Gasteiger partial charge in [0.2, 0.25) is 5.88 Å². The Bertz CT molecular complexity index is 1530. The molecule has 1 fully saturated rings. The van der Waals surface area contributed by atoms with Gasteiger partial charge in [0.15, 0.2) is 17.3 Å². The van der Waals surface area contributed by atoms with E-state index in [-0.39, 0.29) is 17.4 Å². The Morgan fingerprint density at radius 2 is 1.89 bits per heavy atom. The van der Waals surface area contributed by atoms with Crippen molar-refractivity contribution in [1.29, 1.82) is 0 Å². The van der Waals surface area contributed by atoms with Crippen molar-refractivity contribution in [3.05, 3.63) is 58.4 Å². The minimum atomic E-state index is -1.25. The second-order valence-corrected chi connectivity index (χ2v) is 10.4. The molecule has 192 valence electrons. The average Bonchev–Trinajstić information content (AvgIpc) is 3.76. The maximum absolute atomic E-state index is 13.5. The SMILES string of the molecule is CNS(=O)c1ccc(CNc2nc3cnc(-c4c(OC)ncnc4C4CC4)nc3n(C(C)C)c2=O)cc1. The van der Waals surface area contributed by atoms with Gasteiger partial charge in [0.25, 0.3) is 5.56 Å². The number of ether oxygens (including phenoxy) is 1. The van der Waals surface area contributed by atoms with E-state index in [4.69, 9.17) is 9.72 Å². The van der Waals surface area contributed by atoms with Crippen LogP contribution in [0.3, 0.4) is 0 Å². The molecule has 1 unspecified atom stereocenters. The lowest BCUT2D eigenvalue weighted by Gasteiger charge is -2.16.